The van der Waals surface area contributed by atoms with Crippen molar-refractivity contribution in [3.8, 4) is 0 Å². The summed E-state index contributed by atoms with van der Waals surface area (Å²) in [6, 6.07) is 12.0. The average molecular weight is 555 g/mol. The summed E-state index contributed by atoms with van der Waals surface area (Å²) in [5.41, 5.74) is 14.9. The molecule has 2 aliphatic carbocycles. The molecule has 0 fully saturated rings. The first-order valence-electron chi connectivity index (χ1n) is 11.0. The highest BCUT2D eigenvalue weighted by atomic mass is 79.9. The summed E-state index contributed by atoms with van der Waals surface area (Å²) in [7, 11) is -1.85. The van der Waals surface area contributed by atoms with Crippen molar-refractivity contribution in [1.82, 2.24) is 0 Å². The molecule has 3 aliphatic rings. The van der Waals surface area contributed by atoms with Gasteiger partial charge in [-0.2, -0.15) is 0 Å². The molecule has 0 aromatic heterocycles. The van der Waals surface area contributed by atoms with Crippen LogP contribution in [0.25, 0.3) is 11.6 Å². The van der Waals surface area contributed by atoms with E-state index in [-0.39, 0.29) is 0 Å². The molecule has 0 spiro atoms. The quantitative estimate of drug-likeness (QED) is 0.268. The first kappa shape index (κ1) is 21.5. The minimum absolute atomic E-state index is 0.333. The van der Waals surface area contributed by atoms with Crippen LogP contribution < -0.4 is 9.11 Å². The number of rotatable bonds is 2. The summed E-state index contributed by atoms with van der Waals surface area (Å²) in [5, 5.41) is 1.58. The second-order valence-corrected chi connectivity index (χ2v) is 16.2. The highest BCUT2D eigenvalue weighted by Crippen LogP contribution is 2.52. The summed E-state index contributed by atoms with van der Waals surface area (Å²) in [6.07, 6.45) is 2.40. The van der Waals surface area contributed by atoms with Gasteiger partial charge in [-0.15, -0.1) is 0 Å². The molecular weight excluding hydrogens is 526 g/mol. The Morgan fingerprint density at radius 3 is 2.39 bits per heavy atom. The Kier molecular flexibility index (Phi) is 4.90. The van der Waals surface area contributed by atoms with Gasteiger partial charge in [-0.1, -0.05) is 64.1 Å². The van der Waals surface area contributed by atoms with E-state index in [1.165, 1.54) is 60.3 Å². The number of allylic oxidation sites excluding steroid dienone is 3. The molecule has 0 saturated carbocycles. The molecule has 1 nitrogen and oxygen atoms in total. The minimum Gasteiger partial charge on any atom is -0.297 e. The molecule has 1 heterocycles. The molecule has 0 amide bonds. The van der Waals surface area contributed by atoms with E-state index in [4.69, 9.17) is 0 Å². The Morgan fingerprint density at radius 2 is 1.68 bits per heavy atom. The van der Waals surface area contributed by atoms with E-state index in [1.54, 1.807) is 5.19 Å². The van der Waals surface area contributed by atoms with Crippen LogP contribution in [0.15, 0.2) is 57.1 Å². The fourth-order valence-electron chi connectivity index (χ4n) is 6.30. The SMILES string of the molecule is CC1=Cc2c(Br)cccc2C1[Si](C)(C)c1cc2c(cc1C)N(Br)C1C(C)=C(C)C(C)=C21. The molecule has 2 aromatic rings. The van der Waals surface area contributed by atoms with Gasteiger partial charge in [0.2, 0.25) is 0 Å². The molecule has 160 valence electrons. The normalized spacial score (nSPS) is 22.2. The van der Waals surface area contributed by atoms with Gasteiger partial charge in [0.15, 0.2) is 0 Å². The number of benzene rings is 2. The first-order chi connectivity index (χ1) is 14.6. The summed E-state index contributed by atoms with van der Waals surface area (Å²) in [4.78, 5) is 0. The third-order valence-corrected chi connectivity index (χ3v) is 13.6. The van der Waals surface area contributed by atoms with Crippen molar-refractivity contribution in [1.29, 1.82) is 0 Å². The van der Waals surface area contributed by atoms with Gasteiger partial charge < -0.3 is 0 Å². The standard InChI is InChI=1S/C27H29Br2NSi/c1-14-12-23-21(25-17(4)16(3)18(5)26(25)30(23)29)13-24(14)31(6,7)27-15(2)11-20-19(27)9-8-10-22(20)28/h8-13,26-27H,1-7H3. The van der Waals surface area contributed by atoms with Crippen LogP contribution in [-0.2, 0) is 0 Å². The van der Waals surface area contributed by atoms with Crippen molar-refractivity contribution in [2.75, 3.05) is 3.93 Å². The Bertz CT molecular complexity index is 1250. The second-order valence-electron chi connectivity index (χ2n) is 10.0. The molecule has 5 rings (SSSR count). The monoisotopic (exact) mass is 553 g/mol. The number of anilines is 1. The van der Waals surface area contributed by atoms with Crippen molar-refractivity contribution >= 4 is 62.7 Å². The summed E-state index contributed by atoms with van der Waals surface area (Å²) in [5.74, 6) is 0. The lowest BCUT2D eigenvalue weighted by Crippen LogP contribution is -2.49. The molecule has 2 unspecified atom stereocenters. The second kappa shape index (κ2) is 7.07. The molecule has 1 aliphatic heterocycles. The summed E-state index contributed by atoms with van der Waals surface area (Å²) < 4.78 is 3.52. The first-order valence-corrected chi connectivity index (χ1v) is 15.6. The maximum atomic E-state index is 3.92. The summed E-state index contributed by atoms with van der Waals surface area (Å²) >= 11 is 7.70. The van der Waals surface area contributed by atoms with Crippen molar-refractivity contribution in [2.45, 2.75) is 59.3 Å². The van der Waals surface area contributed by atoms with Gasteiger partial charge in [0.05, 0.1) is 36.0 Å². The minimum atomic E-state index is -1.85. The molecule has 0 N–H and O–H groups in total. The van der Waals surface area contributed by atoms with Crippen LogP contribution in [0.3, 0.4) is 0 Å². The Labute approximate surface area is 204 Å². The van der Waals surface area contributed by atoms with Gasteiger partial charge in [0.1, 0.15) is 0 Å². The van der Waals surface area contributed by atoms with Crippen LogP contribution in [-0.4, -0.2) is 14.1 Å². The smallest absolute Gasteiger partial charge is 0.0926 e. The molecule has 0 radical (unpaired) electrons. The highest BCUT2D eigenvalue weighted by molar-refractivity contribution is 9.10. The van der Waals surface area contributed by atoms with Crippen LogP contribution in [0.1, 0.15) is 55.5 Å². The predicted octanol–water partition coefficient (Wildman–Crippen LogP) is 8.03. The summed E-state index contributed by atoms with van der Waals surface area (Å²) in [6.45, 7) is 16.6. The zero-order valence-corrected chi connectivity index (χ0v) is 23.5. The number of hydrogen-bond donors (Lipinski definition) is 0. The highest BCUT2D eigenvalue weighted by Gasteiger charge is 2.44. The Balaban J connectivity index is 1.68. The molecule has 0 bridgehead atoms. The molecule has 2 aromatic carbocycles. The molecule has 2 atom stereocenters. The van der Waals surface area contributed by atoms with Crippen molar-refractivity contribution in [2.24, 2.45) is 0 Å². The Morgan fingerprint density at radius 1 is 0.968 bits per heavy atom. The average Bonchev–Trinajstić information content (AvgIpc) is 3.28. The Hall–Kier alpha value is -1.36. The number of hydrogen-bond acceptors (Lipinski definition) is 1. The van der Waals surface area contributed by atoms with Gasteiger partial charge in [0.25, 0.3) is 0 Å². The molecule has 0 saturated heterocycles. The van der Waals surface area contributed by atoms with E-state index in [2.05, 4.69) is 120 Å². The third kappa shape index (κ3) is 2.84. The van der Waals surface area contributed by atoms with Crippen LogP contribution in [0.4, 0.5) is 5.69 Å². The molecule has 4 heteroatoms. The van der Waals surface area contributed by atoms with Gasteiger partial charge in [-0.3, -0.25) is 3.93 Å². The van der Waals surface area contributed by atoms with Gasteiger partial charge in [-0.05, 0) is 85.7 Å². The van der Waals surface area contributed by atoms with E-state index >= 15 is 0 Å². The van der Waals surface area contributed by atoms with Crippen molar-refractivity contribution in [3.05, 3.63) is 79.4 Å². The van der Waals surface area contributed by atoms with Gasteiger partial charge in [0, 0.05) is 15.6 Å². The lowest BCUT2D eigenvalue weighted by Gasteiger charge is -2.34. The zero-order chi connectivity index (χ0) is 22.4. The van der Waals surface area contributed by atoms with Crippen LogP contribution in [0.2, 0.25) is 13.1 Å². The van der Waals surface area contributed by atoms with E-state index < -0.39 is 8.07 Å². The zero-order valence-electron chi connectivity index (χ0n) is 19.3. The fraction of sp³-hybridized carbons (Fsp3) is 0.333. The van der Waals surface area contributed by atoms with E-state index in [0.717, 1.165) is 0 Å². The third-order valence-electron chi connectivity index (χ3n) is 7.97. The van der Waals surface area contributed by atoms with Crippen LogP contribution in [0, 0.1) is 6.92 Å². The van der Waals surface area contributed by atoms with E-state index in [1.807, 2.05) is 0 Å². The van der Waals surface area contributed by atoms with E-state index in [9.17, 15) is 0 Å². The lowest BCUT2D eigenvalue weighted by molar-refractivity contribution is 1.02. The van der Waals surface area contributed by atoms with Gasteiger partial charge >= 0.3 is 0 Å². The number of halogens is 2. The van der Waals surface area contributed by atoms with E-state index in [0.29, 0.717) is 11.6 Å². The molecule has 31 heavy (non-hydrogen) atoms. The lowest BCUT2D eigenvalue weighted by atomic mass is 9.99. The van der Waals surface area contributed by atoms with Crippen LogP contribution >= 0.6 is 32.1 Å². The molecular formula is C27H29Br2NSi. The van der Waals surface area contributed by atoms with Crippen molar-refractivity contribution < 1.29 is 0 Å². The van der Waals surface area contributed by atoms with Gasteiger partial charge in [-0.25, -0.2) is 0 Å². The number of fused-ring (bicyclic) bond motifs is 4. The van der Waals surface area contributed by atoms with Crippen LogP contribution in [0.5, 0.6) is 0 Å². The maximum absolute atomic E-state index is 3.92. The topological polar surface area (TPSA) is 3.24 Å². The largest absolute Gasteiger partial charge is 0.297 e. The maximum Gasteiger partial charge on any atom is 0.0926 e. The predicted molar refractivity (Wildman–Crippen MR) is 145 cm³/mol. The number of aryl methyl sites for hydroxylation is 1. The fourth-order valence-corrected chi connectivity index (χ4v) is 11.8. The van der Waals surface area contributed by atoms with Crippen molar-refractivity contribution in [3.63, 3.8) is 0 Å². The number of nitrogens with zero attached hydrogens (tertiary/aromatic N) is 1.